The number of rotatable bonds is 8. The monoisotopic (exact) mass is 291 g/mol. The molecule has 0 aliphatic rings. The summed E-state index contributed by atoms with van der Waals surface area (Å²) in [5.74, 6) is -0.0586. The van der Waals surface area contributed by atoms with E-state index in [0.29, 0.717) is 26.2 Å². The third-order valence-corrected chi connectivity index (χ3v) is 3.35. The van der Waals surface area contributed by atoms with Crippen molar-refractivity contribution in [3.05, 3.63) is 30.5 Å². The van der Waals surface area contributed by atoms with Gasteiger partial charge in [-0.3, -0.25) is 0 Å². The summed E-state index contributed by atoms with van der Waals surface area (Å²) in [7, 11) is 0. The third-order valence-electron chi connectivity index (χ3n) is 3.35. The van der Waals surface area contributed by atoms with Gasteiger partial charge in [-0.2, -0.15) is 0 Å². The molecule has 5 heteroatoms. The number of ether oxygens (including phenoxy) is 2. The van der Waals surface area contributed by atoms with E-state index in [2.05, 4.69) is 0 Å². The SMILES string of the molecule is CCOc1cccc2c1ccn2CCC(OCC)C(=O)O. The average Bonchev–Trinajstić information content (AvgIpc) is 2.88. The van der Waals surface area contributed by atoms with Crippen molar-refractivity contribution in [2.24, 2.45) is 0 Å². The highest BCUT2D eigenvalue weighted by Gasteiger charge is 2.17. The number of benzene rings is 1. The standard InChI is InChI=1S/C16H21NO4/c1-3-20-14-7-5-6-13-12(14)8-10-17(13)11-9-15(16(18)19)21-4-2/h5-8,10,15H,3-4,9,11H2,1-2H3,(H,18,19). The van der Waals surface area contributed by atoms with Crippen molar-refractivity contribution in [3.63, 3.8) is 0 Å². The van der Waals surface area contributed by atoms with Crippen molar-refractivity contribution < 1.29 is 19.4 Å². The second-order valence-electron chi connectivity index (χ2n) is 4.70. The lowest BCUT2D eigenvalue weighted by Gasteiger charge is -2.13. The molecular formula is C16H21NO4. The van der Waals surface area contributed by atoms with Gasteiger partial charge >= 0.3 is 5.97 Å². The Morgan fingerprint density at radius 1 is 1.29 bits per heavy atom. The van der Waals surface area contributed by atoms with Crippen molar-refractivity contribution in [2.75, 3.05) is 13.2 Å². The predicted molar refractivity (Wildman–Crippen MR) is 80.8 cm³/mol. The van der Waals surface area contributed by atoms with Gasteiger partial charge in [0.1, 0.15) is 5.75 Å². The number of carboxylic acids is 1. The molecule has 0 fully saturated rings. The molecule has 1 aromatic carbocycles. The number of aromatic nitrogens is 1. The van der Waals surface area contributed by atoms with Crippen LogP contribution < -0.4 is 4.74 Å². The number of aliphatic carboxylic acids is 1. The number of carboxylic acid groups (broad SMARTS) is 1. The van der Waals surface area contributed by atoms with Gasteiger partial charge in [0.05, 0.1) is 12.1 Å². The summed E-state index contributed by atoms with van der Waals surface area (Å²) in [5, 5.41) is 10.2. The predicted octanol–water partition coefficient (Wildman–Crippen LogP) is 2.92. The second kappa shape index (κ2) is 7.13. The largest absolute Gasteiger partial charge is 0.493 e. The highest BCUT2D eigenvalue weighted by molar-refractivity contribution is 5.86. The van der Waals surface area contributed by atoms with Gasteiger partial charge in [-0.05, 0) is 32.0 Å². The molecule has 1 atom stereocenters. The van der Waals surface area contributed by atoms with Crippen molar-refractivity contribution in [3.8, 4) is 5.75 Å². The highest BCUT2D eigenvalue weighted by atomic mass is 16.5. The molecule has 0 amide bonds. The molecule has 1 aromatic heterocycles. The minimum atomic E-state index is -0.914. The van der Waals surface area contributed by atoms with Crippen molar-refractivity contribution in [1.82, 2.24) is 4.57 Å². The van der Waals surface area contributed by atoms with Crippen LogP contribution in [0.25, 0.3) is 10.9 Å². The van der Waals surface area contributed by atoms with Gasteiger partial charge in [0.25, 0.3) is 0 Å². The molecule has 5 nitrogen and oxygen atoms in total. The molecule has 0 spiro atoms. The van der Waals surface area contributed by atoms with Gasteiger partial charge in [0.15, 0.2) is 6.10 Å². The van der Waals surface area contributed by atoms with Crippen molar-refractivity contribution in [1.29, 1.82) is 0 Å². The summed E-state index contributed by atoms with van der Waals surface area (Å²) in [6.07, 6.45) is 1.63. The Morgan fingerprint density at radius 3 is 2.76 bits per heavy atom. The molecule has 114 valence electrons. The van der Waals surface area contributed by atoms with Gasteiger partial charge in [-0.25, -0.2) is 4.79 Å². The summed E-state index contributed by atoms with van der Waals surface area (Å²) in [5.41, 5.74) is 1.04. The zero-order valence-corrected chi connectivity index (χ0v) is 12.4. The molecule has 1 heterocycles. The molecule has 1 unspecified atom stereocenters. The Hall–Kier alpha value is -2.01. The molecule has 0 saturated carbocycles. The van der Waals surface area contributed by atoms with Gasteiger partial charge in [0, 0.05) is 31.2 Å². The van der Waals surface area contributed by atoms with E-state index in [-0.39, 0.29) is 0 Å². The van der Waals surface area contributed by atoms with Crippen LogP contribution in [0.3, 0.4) is 0 Å². The number of fused-ring (bicyclic) bond motifs is 1. The van der Waals surface area contributed by atoms with Crippen molar-refractivity contribution in [2.45, 2.75) is 32.9 Å². The van der Waals surface area contributed by atoms with Gasteiger partial charge < -0.3 is 19.1 Å². The Balaban J connectivity index is 2.16. The first-order valence-corrected chi connectivity index (χ1v) is 7.22. The van der Waals surface area contributed by atoms with Gasteiger partial charge in [-0.15, -0.1) is 0 Å². The molecule has 1 N–H and O–H groups in total. The van der Waals surface area contributed by atoms with E-state index in [1.54, 1.807) is 6.92 Å². The Morgan fingerprint density at radius 2 is 2.10 bits per heavy atom. The van der Waals surface area contributed by atoms with Crippen molar-refractivity contribution >= 4 is 16.9 Å². The summed E-state index contributed by atoms with van der Waals surface area (Å²) >= 11 is 0. The number of carbonyl (C=O) groups is 1. The van der Waals surface area contributed by atoms with E-state index < -0.39 is 12.1 Å². The maximum Gasteiger partial charge on any atom is 0.332 e. The molecule has 2 rings (SSSR count). The molecule has 0 bridgehead atoms. The van der Waals surface area contributed by atoms with E-state index in [1.807, 2.05) is 42.0 Å². The topological polar surface area (TPSA) is 60.7 Å². The van der Waals surface area contributed by atoms with Crippen LogP contribution in [-0.4, -0.2) is 35.0 Å². The maximum absolute atomic E-state index is 11.1. The van der Waals surface area contributed by atoms with Crippen LogP contribution in [0, 0.1) is 0 Å². The summed E-state index contributed by atoms with van der Waals surface area (Å²) in [4.78, 5) is 11.1. The minimum Gasteiger partial charge on any atom is -0.493 e. The molecule has 2 aromatic rings. The number of hydrogen-bond donors (Lipinski definition) is 1. The molecule has 0 aliphatic heterocycles. The van der Waals surface area contributed by atoms with Crippen LogP contribution in [-0.2, 0) is 16.1 Å². The first-order valence-electron chi connectivity index (χ1n) is 7.22. The Bertz CT molecular complexity index is 605. The minimum absolute atomic E-state index is 0.401. The van der Waals surface area contributed by atoms with Crippen LogP contribution in [0.2, 0.25) is 0 Å². The second-order valence-corrected chi connectivity index (χ2v) is 4.70. The van der Waals surface area contributed by atoms with E-state index in [1.165, 1.54) is 0 Å². The maximum atomic E-state index is 11.1. The first-order chi connectivity index (χ1) is 10.2. The van der Waals surface area contributed by atoms with Crippen LogP contribution in [0.1, 0.15) is 20.3 Å². The zero-order chi connectivity index (χ0) is 15.2. The van der Waals surface area contributed by atoms with E-state index in [0.717, 1.165) is 16.7 Å². The molecular weight excluding hydrogens is 270 g/mol. The lowest BCUT2D eigenvalue weighted by Crippen LogP contribution is -2.25. The van der Waals surface area contributed by atoms with Crippen LogP contribution in [0.5, 0.6) is 5.75 Å². The quantitative estimate of drug-likeness (QED) is 0.812. The summed E-state index contributed by atoms with van der Waals surface area (Å²) in [6.45, 7) is 5.37. The number of aryl methyl sites for hydroxylation is 1. The molecule has 21 heavy (non-hydrogen) atoms. The normalized spacial score (nSPS) is 12.5. The van der Waals surface area contributed by atoms with Crippen LogP contribution in [0.4, 0.5) is 0 Å². The highest BCUT2D eigenvalue weighted by Crippen LogP contribution is 2.26. The smallest absolute Gasteiger partial charge is 0.332 e. The summed E-state index contributed by atoms with van der Waals surface area (Å²) in [6, 6.07) is 7.89. The van der Waals surface area contributed by atoms with Gasteiger partial charge in [0.2, 0.25) is 0 Å². The summed E-state index contributed by atoms with van der Waals surface area (Å²) < 4.78 is 12.9. The van der Waals surface area contributed by atoms with Crippen LogP contribution in [0.15, 0.2) is 30.5 Å². The fraction of sp³-hybridized carbons (Fsp3) is 0.438. The van der Waals surface area contributed by atoms with E-state index in [4.69, 9.17) is 14.6 Å². The number of hydrogen-bond acceptors (Lipinski definition) is 3. The average molecular weight is 291 g/mol. The third kappa shape index (κ3) is 3.55. The zero-order valence-electron chi connectivity index (χ0n) is 12.4. The molecule has 0 radical (unpaired) electrons. The van der Waals surface area contributed by atoms with E-state index >= 15 is 0 Å². The number of nitrogens with zero attached hydrogens (tertiary/aromatic N) is 1. The van der Waals surface area contributed by atoms with E-state index in [9.17, 15) is 4.79 Å². The molecule has 0 saturated heterocycles. The first kappa shape index (κ1) is 15.4. The van der Waals surface area contributed by atoms with Gasteiger partial charge in [-0.1, -0.05) is 6.07 Å². The fourth-order valence-electron chi connectivity index (χ4n) is 2.41. The molecule has 0 aliphatic carbocycles. The fourth-order valence-corrected chi connectivity index (χ4v) is 2.41. The van der Waals surface area contributed by atoms with Crippen LogP contribution >= 0.6 is 0 Å². The Labute approximate surface area is 124 Å². The lowest BCUT2D eigenvalue weighted by atomic mass is 10.2. The lowest BCUT2D eigenvalue weighted by molar-refractivity contribution is -0.150. The Kier molecular flexibility index (Phi) is 5.22.